The van der Waals surface area contributed by atoms with Crippen LogP contribution in [0.4, 0.5) is 0 Å². The van der Waals surface area contributed by atoms with Crippen LogP contribution in [-0.2, 0) is 14.3 Å². The van der Waals surface area contributed by atoms with Crippen molar-refractivity contribution in [2.24, 2.45) is 17.8 Å². The molecular formula is C16H24O3. The molecule has 2 aliphatic carbocycles. The molecule has 19 heavy (non-hydrogen) atoms. The fourth-order valence-electron chi connectivity index (χ4n) is 3.52. The molecule has 0 radical (unpaired) electrons. The molecular weight excluding hydrogens is 240 g/mol. The summed E-state index contributed by atoms with van der Waals surface area (Å²) in [6, 6.07) is 0. The molecule has 2 saturated carbocycles. The zero-order valence-corrected chi connectivity index (χ0v) is 11.6. The maximum Gasteiger partial charge on any atom is 0.330 e. The van der Waals surface area contributed by atoms with Crippen molar-refractivity contribution in [1.29, 1.82) is 0 Å². The van der Waals surface area contributed by atoms with E-state index in [4.69, 9.17) is 4.74 Å². The minimum Gasteiger partial charge on any atom is -0.462 e. The first-order valence-corrected chi connectivity index (χ1v) is 7.50. The van der Waals surface area contributed by atoms with Gasteiger partial charge in [-0.05, 0) is 56.3 Å². The normalized spacial score (nSPS) is 28.9. The first kappa shape index (κ1) is 14.3. The molecule has 3 nitrogen and oxygen atoms in total. The topological polar surface area (TPSA) is 43.4 Å². The molecule has 2 aliphatic rings. The number of esters is 1. The number of rotatable bonds is 4. The molecule has 0 N–H and O–H groups in total. The standard InChI is InChI=1S/C16H24O3/c1-2-16(18)19-11-12-3-5-13(6-4-12)14-7-9-15(17)10-8-14/h2,12-14H,1,3-11H2. The van der Waals surface area contributed by atoms with Crippen LogP contribution in [0.5, 0.6) is 0 Å². The van der Waals surface area contributed by atoms with Crippen LogP contribution in [0.3, 0.4) is 0 Å². The Kier molecular flexibility index (Phi) is 5.17. The summed E-state index contributed by atoms with van der Waals surface area (Å²) in [7, 11) is 0. The van der Waals surface area contributed by atoms with Gasteiger partial charge in [-0.15, -0.1) is 0 Å². The quantitative estimate of drug-likeness (QED) is 0.578. The van der Waals surface area contributed by atoms with Gasteiger partial charge in [-0.1, -0.05) is 6.58 Å². The molecule has 3 heteroatoms. The van der Waals surface area contributed by atoms with Gasteiger partial charge >= 0.3 is 5.97 Å². The summed E-state index contributed by atoms with van der Waals surface area (Å²) in [6.07, 6.45) is 9.77. The van der Waals surface area contributed by atoms with Crippen molar-refractivity contribution in [3.8, 4) is 0 Å². The molecule has 0 amide bonds. The molecule has 0 aromatic carbocycles. The first-order chi connectivity index (χ1) is 9.19. The predicted molar refractivity (Wildman–Crippen MR) is 73.6 cm³/mol. The van der Waals surface area contributed by atoms with E-state index in [0.717, 1.165) is 50.4 Å². The number of carbonyl (C=O) groups excluding carboxylic acids is 2. The van der Waals surface area contributed by atoms with Gasteiger partial charge in [0.2, 0.25) is 0 Å². The summed E-state index contributed by atoms with van der Waals surface area (Å²) >= 11 is 0. The minimum atomic E-state index is -0.312. The molecule has 0 atom stereocenters. The Morgan fingerprint density at radius 2 is 1.68 bits per heavy atom. The fraction of sp³-hybridized carbons (Fsp3) is 0.750. The van der Waals surface area contributed by atoms with Crippen LogP contribution in [0, 0.1) is 17.8 Å². The Hall–Kier alpha value is -1.12. The fourth-order valence-corrected chi connectivity index (χ4v) is 3.52. The lowest BCUT2D eigenvalue weighted by Gasteiger charge is -2.35. The van der Waals surface area contributed by atoms with E-state index in [1.54, 1.807) is 0 Å². The number of ether oxygens (including phenoxy) is 1. The van der Waals surface area contributed by atoms with E-state index in [1.165, 1.54) is 18.9 Å². The molecule has 0 heterocycles. The van der Waals surface area contributed by atoms with Gasteiger partial charge in [0.1, 0.15) is 5.78 Å². The number of carbonyl (C=O) groups is 2. The Morgan fingerprint density at radius 1 is 1.11 bits per heavy atom. The number of hydrogen-bond acceptors (Lipinski definition) is 3. The van der Waals surface area contributed by atoms with Crippen LogP contribution >= 0.6 is 0 Å². The highest BCUT2D eigenvalue weighted by molar-refractivity contribution is 5.81. The maximum atomic E-state index is 11.3. The summed E-state index contributed by atoms with van der Waals surface area (Å²) in [4.78, 5) is 22.3. The van der Waals surface area contributed by atoms with Crippen LogP contribution in [0.15, 0.2) is 12.7 Å². The van der Waals surface area contributed by atoms with E-state index in [0.29, 0.717) is 18.3 Å². The molecule has 2 fully saturated rings. The van der Waals surface area contributed by atoms with E-state index < -0.39 is 0 Å². The van der Waals surface area contributed by atoms with Crippen LogP contribution < -0.4 is 0 Å². The third kappa shape index (κ3) is 4.19. The van der Waals surface area contributed by atoms with Gasteiger partial charge < -0.3 is 4.74 Å². The highest BCUT2D eigenvalue weighted by Crippen LogP contribution is 2.39. The molecule has 0 aliphatic heterocycles. The summed E-state index contributed by atoms with van der Waals surface area (Å²) in [6.45, 7) is 3.94. The average molecular weight is 264 g/mol. The van der Waals surface area contributed by atoms with E-state index in [-0.39, 0.29) is 5.97 Å². The third-order valence-electron chi connectivity index (χ3n) is 4.77. The van der Waals surface area contributed by atoms with Crippen LogP contribution in [-0.4, -0.2) is 18.4 Å². The third-order valence-corrected chi connectivity index (χ3v) is 4.77. The zero-order valence-electron chi connectivity index (χ0n) is 11.6. The van der Waals surface area contributed by atoms with Gasteiger partial charge in [0.15, 0.2) is 0 Å². The Labute approximate surface area is 115 Å². The van der Waals surface area contributed by atoms with Crippen molar-refractivity contribution >= 4 is 11.8 Å². The predicted octanol–water partition coefficient (Wildman–Crippen LogP) is 3.28. The van der Waals surface area contributed by atoms with Crippen LogP contribution in [0.25, 0.3) is 0 Å². The van der Waals surface area contributed by atoms with Crippen molar-refractivity contribution in [2.75, 3.05) is 6.61 Å². The monoisotopic (exact) mass is 264 g/mol. The Bertz CT molecular complexity index is 330. The van der Waals surface area contributed by atoms with Gasteiger partial charge in [-0.25, -0.2) is 4.79 Å². The maximum absolute atomic E-state index is 11.3. The zero-order chi connectivity index (χ0) is 13.7. The summed E-state index contributed by atoms with van der Waals surface area (Å²) in [5.74, 6) is 2.20. The van der Waals surface area contributed by atoms with Crippen molar-refractivity contribution in [3.05, 3.63) is 12.7 Å². The molecule has 0 unspecified atom stereocenters. The second kappa shape index (κ2) is 6.88. The largest absolute Gasteiger partial charge is 0.462 e. The van der Waals surface area contributed by atoms with Gasteiger partial charge in [0, 0.05) is 18.9 Å². The molecule has 0 saturated heterocycles. The first-order valence-electron chi connectivity index (χ1n) is 7.50. The van der Waals surface area contributed by atoms with Gasteiger partial charge in [0.25, 0.3) is 0 Å². The summed E-state index contributed by atoms with van der Waals surface area (Å²) in [5.41, 5.74) is 0. The molecule has 106 valence electrons. The van der Waals surface area contributed by atoms with Gasteiger partial charge in [-0.2, -0.15) is 0 Å². The summed E-state index contributed by atoms with van der Waals surface area (Å²) < 4.78 is 5.12. The van der Waals surface area contributed by atoms with Crippen LogP contribution in [0.1, 0.15) is 51.4 Å². The van der Waals surface area contributed by atoms with Crippen molar-refractivity contribution in [3.63, 3.8) is 0 Å². The lowest BCUT2D eigenvalue weighted by atomic mass is 9.71. The highest BCUT2D eigenvalue weighted by atomic mass is 16.5. The smallest absolute Gasteiger partial charge is 0.330 e. The van der Waals surface area contributed by atoms with E-state index in [2.05, 4.69) is 6.58 Å². The van der Waals surface area contributed by atoms with Crippen LogP contribution in [0.2, 0.25) is 0 Å². The summed E-state index contributed by atoms with van der Waals surface area (Å²) in [5, 5.41) is 0. The van der Waals surface area contributed by atoms with Gasteiger partial charge in [-0.3, -0.25) is 4.79 Å². The van der Waals surface area contributed by atoms with E-state index in [1.807, 2.05) is 0 Å². The van der Waals surface area contributed by atoms with E-state index >= 15 is 0 Å². The number of hydrogen-bond donors (Lipinski definition) is 0. The number of ketones is 1. The molecule has 0 aromatic heterocycles. The lowest BCUT2D eigenvalue weighted by Crippen LogP contribution is -2.27. The van der Waals surface area contributed by atoms with E-state index in [9.17, 15) is 9.59 Å². The second-order valence-corrected chi connectivity index (χ2v) is 5.99. The second-order valence-electron chi connectivity index (χ2n) is 5.99. The van der Waals surface area contributed by atoms with Crippen molar-refractivity contribution < 1.29 is 14.3 Å². The molecule has 0 spiro atoms. The minimum absolute atomic E-state index is 0.312. The number of Topliss-reactive ketones (excluding diaryl/α,β-unsaturated/α-hetero) is 1. The Balaban J connectivity index is 1.68. The average Bonchev–Trinajstić information content (AvgIpc) is 2.46. The molecule has 0 aromatic rings. The Morgan fingerprint density at radius 3 is 2.26 bits per heavy atom. The van der Waals surface area contributed by atoms with Crippen molar-refractivity contribution in [2.45, 2.75) is 51.4 Å². The molecule has 0 bridgehead atoms. The SMILES string of the molecule is C=CC(=O)OCC1CCC(C2CCC(=O)CC2)CC1. The van der Waals surface area contributed by atoms with Gasteiger partial charge in [0.05, 0.1) is 6.61 Å². The lowest BCUT2D eigenvalue weighted by molar-refractivity contribution is -0.139. The molecule has 2 rings (SSSR count). The van der Waals surface area contributed by atoms with Crippen molar-refractivity contribution in [1.82, 2.24) is 0 Å². The highest BCUT2D eigenvalue weighted by Gasteiger charge is 2.30.